The summed E-state index contributed by atoms with van der Waals surface area (Å²) in [5.74, 6) is 1.57. The van der Waals surface area contributed by atoms with E-state index in [1.165, 1.54) is 11.1 Å². The van der Waals surface area contributed by atoms with E-state index in [1.54, 1.807) is 0 Å². The highest BCUT2D eigenvalue weighted by atomic mass is 16.5. The van der Waals surface area contributed by atoms with Crippen LogP contribution in [0.25, 0.3) is 0 Å². The Labute approximate surface area is 114 Å². The van der Waals surface area contributed by atoms with Crippen LogP contribution in [0.1, 0.15) is 42.7 Å². The van der Waals surface area contributed by atoms with E-state index in [4.69, 9.17) is 10.3 Å². The summed E-state index contributed by atoms with van der Waals surface area (Å²) in [7, 11) is 0. The van der Waals surface area contributed by atoms with Crippen LogP contribution in [-0.4, -0.2) is 10.1 Å². The molecule has 4 nitrogen and oxygen atoms in total. The SMILES string of the molecule is Cc1ccccc1CCc1nc(C(N)C(C)C)no1. The van der Waals surface area contributed by atoms with Crippen LogP contribution in [-0.2, 0) is 12.8 Å². The van der Waals surface area contributed by atoms with Crippen molar-refractivity contribution in [2.75, 3.05) is 0 Å². The molecule has 2 N–H and O–H groups in total. The summed E-state index contributed by atoms with van der Waals surface area (Å²) in [4.78, 5) is 4.37. The topological polar surface area (TPSA) is 64.9 Å². The van der Waals surface area contributed by atoms with Gasteiger partial charge in [-0.3, -0.25) is 0 Å². The van der Waals surface area contributed by atoms with Gasteiger partial charge in [-0.25, -0.2) is 0 Å². The average molecular weight is 259 g/mol. The first-order valence-electron chi connectivity index (χ1n) is 6.70. The molecule has 0 saturated heterocycles. The lowest BCUT2D eigenvalue weighted by molar-refractivity contribution is 0.363. The molecule has 0 radical (unpaired) electrons. The molecular formula is C15H21N3O. The molecule has 1 aromatic heterocycles. The largest absolute Gasteiger partial charge is 0.339 e. The molecule has 0 saturated carbocycles. The predicted octanol–water partition coefficient (Wildman–Crippen LogP) is 2.82. The lowest BCUT2D eigenvalue weighted by Crippen LogP contribution is -2.18. The summed E-state index contributed by atoms with van der Waals surface area (Å²) >= 11 is 0. The van der Waals surface area contributed by atoms with Crippen LogP contribution in [0.3, 0.4) is 0 Å². The van der Waals surface area contributed by atoms with Gasteiger partial charge < -0.3 is 10.3 Å². The number of aryl methyl sites for hydroxylation is 3. The van der Waals surface area contributed by atoms with E-state index < -0.39 is 0 Å². The number of nitrogens with zero attached hydrogens (tertiary/aromatic N) is 2. The van der Waals surface area contributed by atoms with Crippen molar-refractivity contribution in [2.24, 2.45) is 11.7 Å². The molecule has 1 atom stereocenters. The molecule has 2 aromatic rings. The van der Waals surface area contributed by atoms with Crippen molar-refractivity contribution in [2.45, 2.75) is 39.7 Å². The zero-order valence-corrected chi connectivity index (χ0v) is 11.8. The van der Waals surface area contributed by atoms with Gasteiger partial charge in [0.15, 0.2) is 5.82 Å². The van der Waals surface area contributed by atoms with Crippen molar-refractivity contribution < 1.29 is 4.52 Å². The number of nitrogens with two attached hydrogens (primary N) is 1. The van der Waals surface area contributed by atoms with Crippen molar-refractivity contribution in [1.29, 1.82) is 0 Å². The van der Waals surface area contributed by atoms with E-state index in [0.717, 1.165) is 12.8 Å². The molecule has 2 rings (SSSR count). The minimum Gasteiger partial charge on any atom is -0.339 e. The summed E-state index contributed by atoms with van der Waals surface area (Å²) in [5, 5.41) is 3.96. The highest BCUT2D eigenvalue weighted by Gasteiger charge is 2.17. The van der Waals surface area contributed by atoms with Crippen LogP contribution in [0.15, 0.2) is 28.8 Å². The van der Waals surface area contributed by atoms with Gasteiger partial charge in [0, 0.05) is 6.42 Å². The molecule has 1 aromatic carbocycles. The van der Waals surface area contributed by atoms with E-state index in [2.05, 4.69) is 35.3 Å². The van der Waals surface area contributed by atoms with Crippen molar-refractivity contribution in [1.82, 2.24) is 10.1 Å². The van der Waals surface area contributed by atoms with E-state index in [0.29, 0.717) is 17.6 Å². The maximum absolute atomic E-state index is 6.00. The Morgan fingerprint density at radius 2 is 1.95 bits per heavy atom. The summed E-state index contributed by atoms with van der Waals surface area (Å²) in [6.45, 7) is 6.21. The zero-order valence-electron chi connectivity index (χ0n) is 11.8. The molecule has 0 aliphatic heterocycles. The highest BCUT2D eigenvalue weighted by Crippen LogP contribution is 2.16. The fraction of sp³-hybridized carbons (Fsp3) is 0.467. The summed E-state index contributed by atoms with van der Waals surface area (Å²) in [6.07, 6.45) is 1.66. The van der Waals surface area contributed by atoms with Gasteiger partial charge in [-0.05, 0) is 30.4 Å². The molecule has 0 spiro atoms. The molecule has 0 fully saturated rings. The van der Waals surface area contributed by atoms with Crippen LogP contribution in [0.4, 0.5) is 0 Å². The summed E-state index contributed by atoms with van der Waals surface area (Å²) in [6, 6.07) is 8.19. The Kier molecular flexibility index (Phi) is 4.32. The first-order chi connectivity index (χ1) is 9.08. The second-order valence-electron chi connectivity index (χ2n) is 5.24. The minimum absolute atomic E-state index is 0.157. The van der Waals surface area contributed by atoms with E-state index in [1.807, 2.05) is 19.9 Å². The lowest BCUT2D eigenvalue weighted by Gasteiger charge is -2.09. The van der Waals surface area contributed by atoms with Gasteiger partial charge >= 0.3 is 0 Å². The molecular weight excluding hydrogens is 238 g/mol. The lowest BCUT2D eigenvalue weighted by atomic mass is 10.0. The third-order valence-electron chi connectivity index (χ3n) is 3.37. The summed E-state index contributed by atoms with van der Waals surface area (Å²) in [5.41, 5.74) is 8.61. The summed E-state index contributed by atoms with van der Waals surface area (Å²) < 4.78 is 5.26. The fourth-order valence-corrected chi connectivity index (χ4v) is 1.94. The Hall–Kier alpha value is -1.68. The molecule has 4 heteroatoms. The van der Waals surface area contributed by atoms with Gasteiger partial charge in [-0.15, -0.1) is 0 Å². The number of hydrogen-bond acceptors (Lipinski definition) is 4. The number of benzene rings is 1. The molecule has 0 aliphatic carbocycles. The fourth-order valence-electron chi connectivity index (χ4n) is 1.94. The molecule has 1 heterocycles. The van der Waals surface area contributed by atoms with Gasteiger partial charge in [0.2, 0.25) is 5.89 Å². The number of hydrogen-bond donors (Lipinski definition) is 1. The molecule has 1 unspecified atom stereocenters. The van der Waals surface area contributed by atoms with Gasteiger partial charge in [0.05, 0.1) is 6.04 Å². The van der Waals surface area contributed by atoms with Crippen molar-refractivity contribution in [3.63, 3.8) is 0 Å². The second-order valence-corrected chi connectivity index (χ2v) is 5.24. The molecule has 0 bridgehead atoms. The molecule has 0 amide bonds. The molecule has 0 aliphatic rings. The first kappa shape index (κ1) is 13.7. The van der Waals surface area contributed by atoms with E-state index in [-0.39, 0.29) is 6.04 Å². The molecule has 102 valence electrons. The Balaban J connectivity index is 1.99. The first-order valence-corrected chi connectivity index (χ1v) is 6.70. The van der Waals surface area contributed by atoms with Crippen LogP contribution >= 0.6 is 0 Å². The van der Waals surface area contributed by atoms with Crippen LogP contribution in [0.5, 0.6) is 0 Å². The van der Waals surface area contributed by atoms with Gasteiger partial charge in [0.25, 0.3) is 0 Å². The van der Waals surface area contributed by atoms with Gasteiger partial charge in [0.1, 0.15) is 0 Å². The monoisotopic (exact) mass is 259 g/mol. The van der Waals surface area contributed by atoms with E-state index in [9.17, 15) is 0 Å². The van der Waals surface area contributed by atoms with Gasteiger partial charge in [-0.1, -0.05) is 43.3 Å². The Morgan fingerprint density at radius 3 is 2.63 bits per heavy atom. The standard InChI is InChI=1S/C15H21N3O/c1-10(2)14(16)15-17-13(19-18-15)9-8-12-7-5-4-6-11(12)3/h4-7,10,14H,8-9,16H2,1-3H3. The quantitative estimate of drug-likeness (QED) is 0.896. The Bertz CT molecular complexity index is 534. The third kappa shape index (κ3) is 3.41. The number of aromatic nitrogens is 2. The van der Waals surface area contributed by atoms with Crippen LogP contribution in [0.2, 0.25) is 0 Å². The van der Waals surface area contributed by atoms with Crippen LogP contribution < -0.4 is 5.73 Å². The highest BCUT2D eigenvalue weighted by molar-refractivity contribution is 5.25. The van der Waals surface area contributed by atoms with Crippen molar-refractivity contribution >= 4 is 0 Å². The van der Waals surface area contributed by atoms with Crippen molar-refractivity contribution in [3.05, 3.63) is 47.1 Å². The maximum atomic E-state index is 6.00. The Morgan fingerprint density at radius 1 is 1.21 bits per heavy atom. The van der Waals surface area contributed by atoms with Crippen molar-refractivity contribution in [3.8, 4) is 0 Å². The smallest absolute Gasteiger partial charge is 0.227 e. The normalized spacial score (nSPS) is 12.9. The average Bonchev–Trinajstić information content (AvgIpc) is 2.85. The van der Waals surface area contributed by atoms with Gasteiger partial charge in [-0.2, -0.15) is 4.98 Å². The maximum Gasteiger partial charge on any atom is 0.227 e. The number of rotatable bonds is 5. The predicted molar refractivity (Wildman–Crippen MR) is 74.7 cm³/mol. The van der Waals surface area contributed by atoms with E-state index >= 15 is 0 Å². The minimum atomic E-state index is -0.157. The molecule has 19 heavy (non-hydrogen) atoms. The zero-order chi connectivity index (χ0) is 13.8. The second kappa shape index (κ2) is 5.97. The third-order valence-corrected chi connectivity index (χ3v) is 3.37. The van der Waals surface area contributed by atoms with Crippen LogP contribution in [0, 0.1) is 12.8 Å².